The monoisotopic (exact) mass is 332 g/mol. The highest BCUT2D eigenvalue weighted by Crippen LogP contribution is 2.24. The lowest BCUT2D eigenvalue weighted by atomic mass is 9.93. The van der Waals surface area contributed by atoms with Gasteiger partial charge in [0.25, 0.3) is 0 Å². The van der Waals surface area contributed by atoms with Gasteiger partial charge in [-0.3, -0.25) is 4.79 Å². The molecular formula is C22H36O2. The Morgan fingerprint density at radius 1 is 0.833 bits per heavy atom. The van der Waals surface area contributed by atoms with Crippen molar-refractivity contribution in [1.82, 2.24) is 0 Å². The summed E-state index contributed by atoms with van der Waals surface area (Å²) >= 11 is 0. The molecule has 1 rings (SSSR count). The summed E-state index contributed by atoms with van der Waals surface area (Å²) in [7, 11) is 1.48. The third-order valence-electron chi connectivity index (χ3n) is 4.78. The number of carbonyl (C=O) groups is 1. The molecule has 1 aromatic rings. The topological polar surface area (TPSA) is 26.3 Å². The van der Waals surface area contributed by atoms with Gasteiger partial charge in [0.2, 0.25) is 0 Å². The van der Waals surface area contributed by atoms with E-state index in [0.29, 0.717) is 0 Å². The minimum atomic E-state index is -0.103. The molecule has 0 aliphatic carbocycles. The van der Waals surface area contributed by atoms with Crippen molar-refractivity contribution in [2.45, 2.75) is 89.9 Å². The van der Waals surface area contributed by atoms with E-state index in [0.717, 1.165) is 18.4 Å². The first-order chi connectivity index (χ1) is 11.8. The van der Waals surface area contributed by atoms with E-state index in [-0.39, 0.29) is 11.9 Å². The van der Waals surface area contributed by atoms with E-state index in [4.69, 9.17) is 4.74 Å². The number of carbonyl (C=O) groups excluding carboxylic acids is 1. The molecule has 0 N–H and O–H groups in total. The smallest absolute Gasteiger partial charge is 0.313 e. The number of hydrogen-bond donors (Lipinski definition) is 0. The molecule has 2 nitrogen and oxygen atoms in total. The van der Waals surface area contributed by atoms with Gasteiger partial charge in [-0.2, -0.15) is 0 Å². The van der Waals surface area contributed by atoms with E-state index < -0.39 is 0 Å². The van der Waals surface area contributed by atoms with E-state index in [9.17, 15) is 4.79 Å². The van der Waals surface area contributed by atoms with Gasteiger partial charge in [-0.05, 0) is 12.0 Å². The Hall–Kier alpha value is -1.31. The molecule has 1 aromatic carbocycles. The van der Waals surface area contributed by atoms with Crippen LogP contribution in [0.1, 0.15) is 95.5 Å². The highest BCUT2D eigenvalue weighted by Gasteiger charge is 2.20. The molecule has 0 saturated heterocycles. The van der Waals surface area contributed by atoms with Crippen molar-refractivity contribution in [2.75, 3.05) is 7.11 Å². The van der Waals surface area contributed by atoms with Crippen LogP contribution in [-0.4, -0.2) is 13.1 Å². The standard InChI is InChI=1S/C22H36O2/c1-3-4-5-6-7-8-9-10-11-12-16-19-21(22(23)24-2)20-17-14-13-15-18-20/h13-15,17-18,21H,3-12,16,19H2,1-2H3. The first-order valence-corrected chi connectivity index (χ1v) is 9.92. The Morgan fingerprint density at radius 3 is 1.83 bits per heavy atom. The minimum absolute atomic E-state index is 0.102. The summed E-state index contributed by atoms with van der Waals surface area (Å²) in [5.41, 5.74) is 1.08. The SMILES string of the molecule is CCCCCCCCCCCCCC(C(=O)OC)c1ccccc1. The van der Waals surface area contributed by atoms with E-state index >= 15 is 0 Å². The van der Waals surface area contributed by atoms with Gasteiger partial charge in [-0.25, -0.2) is 0 Å². The number of methoxy groups -OCH3 is 1. The summed E-state index contributed by atoms with van der Waals surface area (Å²) < 4.78 is 4.98. The number of esters is 1. The van der Waals surface area contributed by atoms with Crippen LogP contribution in [-0.2, 0) is 9.53 Å². The zero-order valence-corrected chi connectivity index (χ0v) is 15.8. The molecule has 1 unspecified atom stereocenters. The van der Waals surface area contributed by atoms with Gasteiger partial charge in [0.15, 0.2) is 0 Å². The largest absolute Gasteiger partial charge is 0.469 e. The van der Waals surface area contributed by atoms with Crippen LogP contribution in [0.15, 0.2) is 30.3 Å². The fourth-order valence-electron chi connectivity index (χ4n) is 3.26. The predicted molar refractivity (Wildman–Crippen MR) is 102 cm³/mol. The molecule has 0 aromatic heterocycles. The van der Waals surface area contributed by atoms with Gasteiger partial charge < -0.3 is 4.74 Å². The first kappa shape index (κ1) is 20.7. The van der Waals surface area contributed by atoms with E-state index in [1.165, 1.54) is 71.3 Å². The first-order valence-electron chi connectivity index (χ1n) is 9.92. The maximum atomic E-state index is 12.0. The number of ether oxygens (including phenoxy) is 1. The predicted octanol–water partition coefficient (Wildman–Crippen LogP) is 6.64. The van der Waals surface area contributed by atoms with Crippen molar-refractivity contribution < 1.29 is 9.53 Å². The van der Waals surface area contributed by atoms with Crippen molar-refractivity contribution in [3.63, 3.8) is 0 Å². The highest BCUT2D eigenvalue weighted by molar-refractivity contribution is 5.77. The lowest BCUT2D eigenvalue weighted by Crippen LogP contribution is -2.14. The van der Waals surface area contributed by atoms with Crippen LogP contribution in [0, 0.1) is 0 Å². The molecule has 24 heavy (non-hydrogen) atoms. The Labute approximate surface area is 149 Å². The van der Waals surface area contributed by atoms with E-state index in [1.807, 2.05) is 30.3 Å². The zero-order valence-electron chi connectivity index (χ0n) is 15.8. The summed E-state index contributed by atoms with van der Waals surface area (Å²) in [4.78, 5) is 12.0. The molecule has 0 radical (unpaired) electrons. The van der Waals surface area contributed by atoms with Crippen LogP contribution >= 0.6 is 0 Å². The molecular weight excluding hydrogens is 296 g/mol. The van der Waals surface area contributed by atoms with E-state index in [2.05, 4.69) is 6.92 Å². The van der Waals surface area contributed by atoms with Crippen molar-refractivity contribution in [3.05, 3.63) is 35.9 Å². The fourth-order valence-corrected chi connectivity index (χ4v) is 3.26. The number of unbranched alkanes of at least 4 members (excludes halogenated alkanes) is 10. The molecule has 2 heteroatoms. The normalized spacial score (nSPS) is 12.1. The minimum Gasteiger partial charge on any atom is -0.469 e. The molecule has 0 heterocycles. The van der Waals surface area contributed by atoms with E-state index in [1.54, 1.807) is 0 Å². The Morgan fingerprint density at radius 2 is 1.33 bits per heavy atom. The molecule has 0 saturated carbocycles. The van der Waals surface area contributed by atoms with Crippen LogP contribution < -0.4 is 0 Å². The molecule has 0 fully saturated rings. The van der Waals surface area contributed by atoms with Crippen molar-refractivity contribution in [3.8, 4) is 0 Å². The third kappa shape index (κ3) is 9.10. The number of hydrogen-bond acceptors (Lipinski definition) is 2. The summed E-state index contributed by atoms with van der Waals surface area (Å²) in [5, 5.41) is 0. The summed E-state index contributed by atoms with van der Waals surface area (Å²) in [6, 6.07) is 10.0. The maximum Gasteiger partial charge on any atom is 0.313 e. The Bertz CT molecular complexity index is 413. The van der Waals surface area contributed by atoms with Crippen LogP contribution in [0.4, 0.5) is 0 Å². The third-order valence-corrected chi connectivity index (χ3v) is 4.78. The van der Waals surface area contributed by atoms with Gasteiger partial charge in [-0.1, -0.05) is 108 Å². The number of rotatable bonds is 14. The maximum absolute atomic E-state index is 12.0. The second-order valence-electron chi connectivity index (χ2n) is 6.81. The molecule has 0 aliphatic rings. The Kier molecular flexibility index (Phi) is 12.2. The summed E-state index contributed by atoms with van der Waals surface area (Å²) in [5.74, 6) is -0.206. The molecule has 0 aliphatic heterocycles. The second kappa shape index (κ2) is 14.1. The van der Waals surface area contributed by atoms with Crippen LogP contribution in [0.5, 0.6) is 0 Å². The lowest BCUT2D eigenvalue weighted by Gasteiger charge is -2.14. The summed E-state index contributed by atoms with van der Waals surface area (Å²) in [6.45, 7) is 2.27. The van der Waals surface area contributed by atoms with Gasteiger partial charge in [0.1, 0.15) is 0 Å². The van der Waals surface area contributed by atoms with Crippen LogP contribution in [0.2, 0.25) is 0 Å². The van der Waals surface area contributed by atoms with Gasteiger partial charge in [0, 0.05) is 0 Å². The van der Waals surface area contributed by atoms with Crippen molar-refractivity contribution in [1.29, 1.82) is 0 Å². The van der Waals surface area contributed by atoms with Crippen LogP contribution in [0.25, 0.3) is 0 Å². The fraction of sp³-hybridized carbons (Fsp3) is 0.682. The zero-order chi connectivity index (χ0) is 17.5. The van der Waals surface area contributed by atoms with Gasteiger partial charge in [-0.15, -0.1) is 0 Å². The lowest BCUT2D eigenvalue weighted by molar-refractivity contribution is -0.142. The quantitative estimate of drug-likeness (QED) is 0.282. The highest BCUT2D eigenvalue weighted by atomic mass is 16.5. The molecule has 1 atom stereocenters. The Balaban J connectivity index is 2.10. The average Bonchev–Trinajstić information content (AvgIpc) is 2.63. The molecule has 0 bridgehead atoms. The molecule has 0 spiro atoms. The van der Waals surface area contributed by atoms with Crippen molar-refractivity contribution >= 4 is 5.97 Å². The molecule has 136 valence electrons. The number of benzene rings is 1. The summed E-state index contributed by atoms with van der Waals surface area (Å²) in [6.07, 6.45) is 15.5. The second-order valence-corrected chi connectivity index (χ2v) is 6.81. The van der Waals surface area contributed by atoms with Crippen LogP contribution in [0.3, 0.4) is 0 Å². The van der Waals surface area contributed by atoms with Crippen molar-refractivity contribution in [2.24, 2.45) is 0 Å². The average molecular weight is 333 g/mol. The van der Waals surface area contributed by atoms with Gasteiger partial charge >= 0.3 is 5.97 Å². The molecule has 0 amide bonds. The van der Waals surface area contributed by atoms with Gasteiger partial charge in [0.05, 0.1) is 13.0 Å².